The van der Waals surface area contributed by atoms with Crippen molar-refractivity contribution in [2.24, 2.45) is 14.0 Å². The highest BCUT2D eigenvalue weighted by Crippen LogP contribution is 2.60. The van der Waals surface area contributed by atoms with Crippen molar-refractivity contribution in [2.75, 3.05) is 13.2 Å². The Labute approximate surface area is 427 Å². The van der Waals surface area contributed by atoms with E-state index in [2.05, 4.69) is 114 Å². The predicted octanol–water partition coefficient (Wildman–Crippen LogP) is 17.6. The van der Waals surface area contributed by atoms with Crippen LogP contribution in [0.5, 0.6) is 34.5 Å². The third-order valence-electron chi connectivity index (χ3n) is 12.3. The molecule has 0 aliphatic carbocycles. The normalized spacial score (nSPS) is 13.1. The predicted molar refractivity (Wildman–Crippen MR) is 299 cm³/mol. The van der Waals surface area contributed by atoms with Gasteiger partial charge in [-0.05, 0) is 116 Å². The first-order valence-electron chi connectivity index (χ1n) is 24.2. The van der Waals surface area contributed by atoms with Gasteiger partial charge in [0.15, 0.2) is 5.78 Å². The number of hydrogen-bond acceptors (Lipinski definition) is 8. The minimum Gasteiger partial charge on any atom is -0.491 e. The molecule has 8 aromatic carbocycles. The fourth-order valence-corrected chi connectivity index (χ4v) is 13.8. The van der Waals surface area contributed by atoms with Crippen LogP contribution in [0, 0.1) is 13.8 Å². The van der Waals surface area contributed by atoms with Gasteiger partial charge in [0, 0.05) is 17.4 Å². The van der Waals surface area contributed by atoms with Gasteiger partial charge in [-0.25, -0.2) is 0 Å². The molecule has 12 heteroatoms. The Bertz CT molecular complexity index is 3040. The smallest absolute Gasteiger partial charge is 0.449 e. The van der Waals surface area contributed by atoms with Crippen LogP contribution in [-0.2, 0) is 10.8 Å². The molecule has 370 valence electrons. The molecular formula is C60H64N3O6P3. The van der Waals surface area contributed by atoms with Crippen LogP contribution >= 0.6 is 23.8 Å². The summed E-state index contributed by atoms with van der Waals surface area (Å²) < 4.78 is 57.5. The van der Waals surface area contributed by atoms with Gasteiger partial charge in [-0.15, -0.1) is 4.52 Å². The van der Waals surface area contributed by atoms with Crippen molar-refractivity contribution < 1.29 is 27.4 Å². The van der Waals surface area contributed by atoms with E-state index in [-0.39, 0.29) is 17.4 Å². The molecule has 0 aromatic heterocycles. The first kappa shape index (κ1) is 51.6. The molecule has 0 aliphatic heterocycles. The summed E-state index contributed by atoms with van der Waals surface area (Å²) in [4.78, 5) is 0. The Morgan fingerprint density at radius 3 is 1.18 bits per heavy atom. The molecule has 0 saturated heterocycles. The molecule has 0 N–H and O–H groups in total. The van der Waals surface area contributed by atoms with E-state index < -0.39 is 29.5 Å². The first-order chi connectivity index (χ1) is 34.9. The maximum atomic E-state index is 7.08. The molecule has 0 amide bonds. The minimum atomic E-state index is -3.93. The van der Waals surface area contributed by atoms with E-state index in [9.17, 15) is 0 Å². The van der Waals surface area contributed by atoms with Crippen molar-refractivity contribution in [1.29, 1.82) is 0 Å². The molecule has 0 aliphatic rings. The van der Waals surface area contributed by atoms with Crippen LogP contribution in [0.4, 0.5) is 0 Å². The Morgan fingerprint density at radius 1 is 0.431 bits per heavy atom. The summed E-state index contributed by atoms with van der Waals surface area (Å²) in [6, 6.07) is 71.9. The molecular weight excluding hydrogens is 952 g/mol. The number of aryl methyl sites for hydroxylation is 2. The van der Waals surface area contributed by atoms with Crippen molar-refractivity contribution in [1.82, 2.24) is 0 Å². The van der Waals surface area contributed by atoms with Crippen molar-refractivity contribution in [3.63, 3.8) is 0 Å². The highest BCUT2D eigenvalue weighted by atomic mass is 31.2. The lowest BCUT2D eigenvalue weighted by Gasteiger charge is -2.27. The van der Waals surface area contributed by atoms with E-state index in [1.165, 1.54) is 22.3 Å². The van der Waals surface area contributed by atoms with Crippen molar-refractivity contribution in [2.45, 2.75) is 65.1 Å². The molecule has 8 rings (SSSR count). The monoisotopic (exact) mass is 1020 g/mol. The fourth-order valence-electron chi connectivity index (χ4n) is 7.88. The van der Waals surface area contributed by atoms with Crippen LogP contribution in [0.25, 0.3) is 0 Å². The molecule has 8 aromatic rings. The Morgan fingerprint density at radius 2 is 0.778 bits per heavy atom. The summed E-state index contributed by atoms with van der Waals surface area (Å²) in [7, 11) is -8.96. The van der Waals surface area contributed by atoms with Crippen LogP contribution in [-0.4, -0.2) is 18.9 Å². The fraction of sp³-hybridized carbons (Fsp3) is 0.200. The van der Waals surface area contributed by atoms with Crippen LogP contribution < -0.4 is 27.4 Å². The molecule has 0 bridgehead atoms. The number of nitrogens with zero attached hydrogens (tertiary/aromatic N) is 3. The van der Waals surface area contributed by atoms with Crippen LogP contribution in [0.2, 0.25) is 0 Å². The Kier molecular flexibility index (Phi) is 17.3. The molecule has 0 fully saturated rings. The number of ether oxygens (including phenoxy) is 1. The van der Waals surface area contributed by atoms with Gasteiger partial charge < -0.3 is 27.4 Å². The standard InChI is InChI=1S/C60H64N3O6P3/c1-8-61-70(65-53-21-13-9-14-22-53)58(45-64-52-41-37-50(38-42-52)59(4,5)48-33-29-46(2)30-34-48)62-72(68-56-25-17-11-18-26-56,69-57-27-19-12-20-28-57)63-71(66-54-23-15-10-16-24-54)67-55-43-39-51(40-44-55)60(6,7)49-35-31-47(3)32-36-49/h9-44,58,70-71H,8,45H2,1-7H3. The zero-order valence-corrected chi connectivity index (χ0v) is 44.9. The summed E-state index contributed by atoms with van der Waals surface area (Å²) in [5.41, 5.74) is 6.68. The lowest BCUT2D eigenvalue weighted by Crippen LogP contribution is -2.19. The largest absolute Gasteiger partial charge is 0.491 e. The molecule has 0 heterocycles. The molecule has 3 unspecified atom stereocenters. The Hall–Kier alpha value is -6.75. The Balaban J connectivity index is 1.26. The SMILES string of the molecule is CC/N=[PH](/Oc1ccccc1)C(COc1ccc(C(C)(C)c2ccc(C)cc2)cc1)N=P(/N=[PH](/Oc1ccccc1)Oc1ccc(C(C)(C)c2ccc(C)cc2)cc1)(Oc1ccccc1)Oc1ccccc1. The average molecular weight is 1020 g/mol. The van der Waals surface area contributed by atoms with E-state index in [0.717, 1.165) is 11.1 Å². The van der Waals surface area contributed by atoms with Gasteiger partial charge in [-0.1, -0.05) is 184 Å². The van der Waals surface area contributed by atoms with Gasteiger partial charge in [-0.3, -0.25) is 4.74 Å². The van der Waals surface area contributed by atoms with Gasteiger partial charge in [-0.2, -0.15) is 4.74 Å². The lowest BCUT2D eigenvalue weighted by molar-refractivity contribution is 0.313. The number of hydrogen-bond donors (Lipinski definition) is 0. The van der Waals surface area contributed by atoms with Gasteiger partial charge in [0.25, 0.3) is 0 Å². The number of benzene rings is 8. The van der Waals surface area contributed by atoms with E-state index >= 15 is 0 Å². The third-order valence-corrected chi connectivity index (χ3v) is 18.4. The summed E-state index contributed by atoms with van der Waals surface area (Å²) >= 11 is 0. The number of rotatable bonds is 21. The van der Waals surface area contributed by atoms with Crippen LogP contribution in [0.1, 0.15) is 68.0 Å². The summed E-state index contributed by atoms with van der Waals surface area (Å²) in [5.74, 6) is 2.71. The van der Waals surface area contributed by atoms with Crippen molar-refractivity contribution in [3.05, 3.63) is 252 Å². The zero-order chi connectivity index (χ0) is 50.4. The van der Waals surface area contributed by atoms with Crippen molar-refractivity contribution in [3.8, 4) is 34.5 Å². The minimum absolute atomic E-state index is 0.0691. The average Bonchev–Trinajstić information content (AvgIpc) is 3.39. The molecule has 9 nitrogen and oxygen atoms in total. The quantitative estimate of drug-likeness (QED) is 0.0666. The molecule has 72 heavy (non-hydrogen) atoms. The topological polar surface area (TPSA) is 92.5 Å². The maximum Gasteiger partial charge on any atom is 0.449 e. The summed E-state index contributed by atoms with van der Waals surface area (Å²) in [6.45, 7) is 15.7. The molecule has 0 spiro atoms. The van der Waals surface area contributed by atoms with Crippen LogP contribution in [0.15, 0.2) is 232 Å². The van der Waals surface area contributed by atoms with Gasteiger partial charge in [0.1, 0.15) is 49.0 Å². The van der Waals surface area contributed by atoms with E-state index in [1.807, 2.05) is 153 Å². The van der Waals surface area contributed by atoms with Gasteiger partial charge >= 0.3 is 15.8 Å². The first-order valence-corrected chi connectivity index (χ1v) is 28.5. The third kappa shape index (κ3) is 13.8. The number of para-hydroxylation sites is 4. The second-order valence-corrected chi connectivity index (χ2v) is 23.6. The highest BCUT2D eigenvalue weighted by molar-refractivity contribution is 7.62. The zero-order valence-electron chi connectivity index (χ0n) is 42.0. The molecule has 0 saturated carbocycles. The van der Waals surface area contributed by atoms with Gasteiger partial charge in [0.05, 0.1) is 0 Å². The lowest BCUT2D eigenvalue weighted by atomic mass is 9.78. The second kappa shape index (κ2) is 24.1. The summed E-state index contributed by atoms with van der Waals surface area (Å²) in [6.07, 6.45) is 0. The van der Waals surface area contributed by atoms with E-state index in [0.29, 0.717) is 41.0 Å². The molecule has 0 radical (unpaired) electrons. The second-order valence-electron chi connectivity index (χ2n) is 18.4. The van der Waals surface area contributed by atoms with Gasteiger partial charge in [0.2, 0.25) is 0 Å². The molecule has 3 atom stereocenters. The van der Waals surface area contributed by atoms with Crippen molar-refractivity contribution >= 4 is 23.8 Å². The highest BCUT2D eigenvalue weighted by Gasteiger charge is 2.33. The van der Waals surface area contributed by atoms with Crippen LogP contribution in [0.3, 0.4) is 0 Å². The van der Waals surface area contributed by atoms with E-state index in [1.54, 1.807) is 0 Å². The summed E-state index contributed by atoms with van der Waals surface area (Å²) in [5, 5.41) is 0. The van der Waals surface area contributed by atoms with E-state index in [4.69, 9.17) is 41.4 Å². The maximum absolute atomic E-state index is 7.08.